The van der Waals surface area contributed by atoms with Crippen molar-refractivity contribution in [2.45, 2.75) is 26.3 Å². The molecule has 5 nitrogen and oxygen atoms in total. The Morgan fingerprint density at radius 3 is 2.41 bits per heavy atom. The average Bonchev–Trinajstić information content (AvgIpc) is 3.22. The quantitative estimate of drug-likeness (QED) is 0.425. The highest BCUT2D eigenvalue weighted by Crippen LogP contribution is 2.42. The molecule has 1 N–H and O–H groups in total. The van der Waals surface area contributed by atoms with E-state index in [1.165, 1.54) is 5.56 Å². The maximum absolute atomic E-state index is 13.4. The van der Waals surface area contributed by atoms with E-state index in [-0.39, 0.29) is 12.0 Å². The fourth-order valence-electron chi connectivity index (χ4n) is 4.35. The predicted molar refractivity (Wildman–Crippen MR) is 127 cm³/mol. The van der Waals surface area contributed by atoms with E-state index in [4.69, 9.17) is 9.72 Å². The molecule has 1 atom stereocenters. The Morgan fingerprint density at radius 1 is 0.969 bits per heavy atom. The SMILES string of the molecule is CCOC(=O)C1=C(c2ccccc2)Nc2nc3ccccc3n2[C@@H]1c1ccc(CC)cc1. The number of aryl methyl sites for hydroxylation is 1. The molecule has 0 amide bonds. The fourth-order valence-corrected chi connectivity index (χ4v) is 4.35. The predicted octanol–water partition coefficient (Wildman–Crippen LogP) is 5.59. The number of rotatable bonds is 5. The molecule has 1 aliphatic heterocycles. The topological polar surface area (TPSA) is 56.1 Å². The number of aromatic nitrogens is 2. The van der Waals surface area contributed by atoms with Gasteiger partial charge < -0.3 is 10.1 Å². The third-order valence-corrected chi connectivity index (χ3v) is 5.90. The Bertz CT molecular complexity index is 1300. The number of fused-ring (bicyclic) bond motifs is 3. The summed E-state index contributed by atoms with van der Waals surface area (Å²) in [5.74, 6) is 0.384. The van der Waals surface area contributed by atoms with Gasteiger partial charge in [-0.2, -0.15) is 0 Å². The van der Waals surface area contributed by atoms with Crippen LogP contribution in [0.15, 0.2) is 84.4 Å². The molecular formula is C27H25N3O2. The van der Waals surface area contributed by atoms with Crippen LogP contribution in [0.4, 0.5) is 5.95 Å². The minimum atomic E-state index is -0.362. The molecule has 0 spiro atoms. The standard InChI is InChI=1S/C27H25N3O2/c1-3-18-14-16-20(17-15-18)25-23(26(31)32-4-2)24(19-10-6-5-7-11-19)29-27-28-21-12-8-9-13-22(21)30(25)27/h5-17,25H,3-4H2,1-2H3,(H,28,29)/t25-/m1/s1. The lowest BCUT2D eigenvalue weighted by Gasteiger charge is -2.31. The number of carbonyl (C=O) groups is 1. The van der Waals surface area contributed by atoms with Gasteiger partial charge in [-0.25, -0.2) is 9.78 Å². The molecule has 1 aliphatic rings. The third-order valence-electron chi connectivity index (χ3n) is 5.90. The van der Waals surface area contributed by atoms with Crippen LogP contribution < -0.4 is 5.32 Å². The van der Waals surface area contributed by atoms with Crippen molar-refractivity contribution in [3.05, 3.63) is 101 Å². The van der Waals surface area contributed by atoms with Crippen molar-refractivity contribution < 1.29 is 9.53 Å². The highest BCUT2D eigenvalue weighted by atomic mass is 16.5. The third kappa shape index (κ3) is 3.36. The van der Waals surface area contributed by atoms with Crippen molar-refractivity contribution in [2.75, 3.05) is 11.9 Å². The van der Waals surface area contributed by atoms with E-state index in [0.717, 1.165) is 34.3 Å². The lowest BCUT2D eigenvalue weighted by atomic mass is 9.91. The van der Waals surface area contributed by atoms with Gasteiger partial charge >= 0.3 is 5.97 Å². The molecule has 0 aliphatic carbocycles. The lowest BCUT2D eigenvalue weighted by Crippen LogP contribution is -2.29. The molecule has 5 rings (SSSR count). The van der Waals surface area contributed by atoms with Crippen LogP contribution in [0.5, 0.6) is 0 Å². The number of imidazole rings is 1. The van der Waals surface area contributed by atoms with Gasteiger partial charge in [-0.1, -0.05) is 73.7 Å². The molecular weight excluding hydrogens is 398 g/mol. The van der Waals surface area contributed by atoms with Crippen LogP contribution in [0.3, 0.4) is 0 Å². The Labute approximate surface area is 187 Å². The number of para-hydroxylation sites is 2. The number of nitrogens with one attached hydrogen (secondary N) is 1. The zero-order chi connectivity index (χ0) is 22.1. The van der Waals surface area contributed by atoms with Gasteiger partial charge in [0, 0.05) is 0 Å². The van der Waals surface area contributed by atoms with Crippen LogP contribution in [0.2, 0.25) is 0 Å². The van der Waals surface area contributed by atoms with Gasteiger partial charge in [0.2, 0.25) is 5.95 Å². The molecule has 0 saturated carbocycles. The van der Waals surface area contributed by atoms with E-state index in [0.29, 0.717) is 18.1 Å². The summed E-state index contributed by atoms with van der Waals surface area (Å²) in [6.45, 7) is 4.28. The smallest absolute Gasteiger partial charge is 0.338 e. The normalized spacial score (nSPS) is 15.4. The van der Waals surface area contributed by atoms with Crippen LogP contribution in [0, 0.1) is 0 Å². The van der Waals surface area contributed by atoms with E-state index < -0.39 is 0 Å². The molecule has 3 aromatic carbocycles. The first kappa shape index (κ1) is 20.1. The number of benzene rings is 3. The monoisotopic (exact) mass is 423 g/mol. The van der Waals surface area contributed by atoms with Gasteiger partial charge in [-0.15, -0.1) is 0 Å². The molecule has 0 saturated heterocycles. The second-order valence-electron chi connectivity index (χ2n) is 7.79. The van der Waals surface area contributed by atoms with E-state index >= 15 is 0 Å². The molecule has 0 fully saturated rings. The Morgan fingerprint density at radius 2 is 1.69 bits per heavy atom. The summed E-state index contributed by atoms with van der Waals surface area (Å²) in [5, 5.41) is 3.45. The molecule has 4 aromatic rings. The molecule has 2 heterocycles. The summed E-state index contributed by atoms with van der Waals surface area (Å²) in [5.41, 5.74) is 6.35. The molecule has 32 heavy (non-hydrogen) atoms. The van der Waals surface area contributed by atoms with Gasteiger partial charge in [-0.3, -0.25) is 4.57 Å². The van der Waals surface area contributed by atoms with Crippen molar-refractivity contribution in [2.24, 2.45) is 0 Å². The maximum Gasteiger partial charge on any atom is 0.338 e. The Kier molecular flexibility index (Phi) is 5.23. The first-order valence-corrected chi connectivity index (χ1v) is 11.0. The minimum Gasteiger partial charge on any atom is -0.463 e. The maximum atomic E-state index is 13.4. The summed E-state index contributed by atoms with van der Waals surface area (Å²) in [7, 11) is 0. The van der Waals surface area contributed by atoms with Crippen molar-refractivity contribution in [1.82, 2.24) is 9.55 Å². The van der Waals surface area contributed by atoms with Crippen molar-refractivity contribution in [1.29, 1.82) is 0 Å². The summed E-state index contributed by atoms with van der Waals surface area (Å²) >= 11 is 0. The van der Waals surface area contributed by atoms with Gasteiger partial charge in [0.25, 0.3) is 0 Å². The number of ether oxygens (including phenoxy) is 1. The van der Waals surface area contributed by atoms with Gasteiger partial charge in [0.15, 0.2) is 0 Å². The average molecular weight is 424 g/mol. The van der Waals surface area contributed by atoms with Crippen LogP contribution >= 0.6 is 0 Å². The summed E-state index contributed by atoms with van der Waals surface area (Å²) in [4.78, 5) is 18.2. The van der Waals surface area contributed by atoms with E-state index in [9.17, 15) is 4.79 Å². The van der Waals surface area contributed by atoms with Crippen molar-refractivity contribution >= 4 is 28.6 Å². The van der Waals surface area contributed by atoms with E-state index in [1.807, 2.05) is 61.5 Å². The number of esters is 1. The molecule has 0 unspecified atom stereocenters. The highest BCUT2D eigenvalue weighted by molar-refractivity contribution is 6.03. The zero-order valence-electron chi connectivity index (χ0n) is 18.2. The molecule has 5 heteroatoms. The van der Waals surface area contributed by atoms with Gasteiger partial charge in [-0.05, 0) is 42.2 Å². The van der Waals surface area contributed by atoms with Gasteiger partial charge in [0.1, 0.15) is 0 Å². The Hall–Kier alpha value is -3.86. The highest BCUT2D eigenvalue weighted by Gasteiger charge is 2.36. The number of hydrogen-bond acceptors (Lipinski definition) is 4. The minimum absolute atomic E-state index is 0.309. The summed E-state index contributed by atoms with van der Waals surface area (Å²) in [6.07, 6.45) is 0.960. The first-order valence-electron chi connectivity index (χ1n) is 11.0. The summed E-state index contributed by atoms with van der Waals surface area (Å²) < 4.78 is 7.67. The largest absolute Gasteiger partial charge is 0.463 e. The van der Waals surface area contributed by atoms with Crippen LogP contribution in [0.25, 0.3) is 16.7 Å². The number of carbonyl (C=O) groups excluding carboxylic acids is 1. The van der Waals surface area contributed by atoms with Crippen molar-refractivity contribution in [3.8, 4) is 0 Å². The molecule has 1 aromatic heterocycles. The van der Waals surface area contributed by atoms with Gasteiger partial charge in [0.05, 0.1) is 35.0 Å². The zero-order valence-corrected chi connectivity index (χ0v) is 18.2. The first-order chi connectivity index (χ1) is 15.7. The van der Waals surface area contributed by atoms with Crippen LogP contribution in [-0.2, 0) is 16.0 Å². The van der Waals surface area contributed by atoms with Crippen molar-refractivity contribution in [3.63, 3.8) is 0 Å². The fraction of sp³-hybridized carbons (Fsp3) is 0.185. The molecule has 160 valence electrons. The number of anilines is 1. The second-order valence-corrected chi connectivity index (χ2v) is 7.79. The van der Waals surface area contributed by atoms with Crippen LogP contribution in [-0.4, -0.2) is 22.1 Å². The second kappa shape index (κ2) is 8.35. The molecule has 0 radical (unpaired) electrons. The van der Waals surface area contributed by atoms with E-state index in [1.54, 1.807) is 0 Å². The number of hydrogen-bond donors (Lipinski definition) is 1. The van der Waals surface area contributed by atoms with E-state index in [2.05, 4.69) is 41.1 Å². The summed E-state index contributed by atoms with van der Waals surface area (Å²) in [6, 6.07) is 26.0. The Balaban J connectivity index is 1.81. The molecule has 0 bridgehead atoms. The lowest BCUT2D eigenvalue weighted by molar-refractivity contribution is -0.138. The van der Waals surface area contributed by atoms with Crippen LogP contribution in [0.1, 0.15) is 36.6 Å². The number of nitrogens with zero attached hydrogens (tertiary/aromatic N) is 2.